The summed E-state index contributed by atoms with van der Waals surface area (Å²) in [4.78, 5) is 4.85. The first-order valence-corrected chi connectivity index (χ1v) is 7.50. The molecule has 1 aliphatic carbocycles. The summed E-state index contributed by atoms with van der Waals surface area (Å²) >= 11 is 0. The molecule has 20 heavy (non-hydrogen) atoms. The predicted molar refractivity (Wildman–Crippen MR) is 80.4 cm³/mol. The molecule has 0 bridgehead atoms. The molecular weight excluding hydrogens is 246 g/mol. The van der Waals surface area contributed by atoms with Crippen LogP contribution in [-0.4, -0.2) is 9.55 Å². The minimum absolute atomic E-state index is 0.520. The summed E-state index contributed by atoms with van der Waals surface area (Å²) in [5.41, 5.74) is 2.82. The van der Waals surface area contributed by atoms with Crippen molar-refractivity contribution in [2.24, 2.45) is 11.8 Å². The monoisotopic (exact) mass is 267 g/mol. The molecule has 1 heterocycles. The maximum atomic E-state index is 9.04. The highest BCUT2D eigenvalue weighted by Crippen LogP contribution is 2.42. The van der Waals surface area contributed by atoms with Crippen molar-refractivity contribution in [1.29, 1.82) is 5.26 Å². The Kier molecular flexibility index (Phi) is 3.25. The maximum Gasteiger partial charge on any atom is 0.113 e. The molecule has 0 aliphatic heterocycles. The third kappa shape index (κ3) is 2.31. The third-order valence-electron chi connectivity index (χ3n) is 4.19. The van der Waals surface area contributed by atoms with Crippen molar-refractivity contribution in [3.8, 4) is 6.07 Å². The SMILES string of the molecule is CC(C)Cn1c(C(C)C2CC2)nc2cc(C#N)ccc21. The van der Waals surface area contributed by atoms with Crippen molar-refractivity contribution >= 4 is 11.0 Å². The van der Waals surface area contributed by atoms with Crippen LogP contribution >= 0.6 is 0 Å². The van der Waals surface area contributed by atoms with Crippen LogP contribution in [0.3, 0.4) is 0 Å². The third-order valence-corrected chi connectivity index (χ3v) is 4.19. The molecule has 3 heteroatoms. The van der Waals surface area contributed by atoms with Crippen LogP contribution in [0.2, 0.25) is 0 Å². The van der Waals surface area contributed by atoms with Crippen LogP contribution in [-0.2, 0) is 6.54 Å². The lowest BCUT2D eigenvalue weighted by molar-refractivity contribution is 0.490. The van der Waals surface area contributed by atoms with E-state index in [4.69, 9.17) is 10.2 Å². The number of hydrogen-bond donors (Lipinski definition) is 0. The zero-order chi connectivity index (χ0) is 14.3. The summed E-state index contributed by atoms with van der Waals surface area (Å²) in [7, 11) is 0. The van der Waals surface area contributed by atoms with Crippen molar-refractivity contribution in [1.82, 2.24) is 9.55 Å². The quantitative estimate of drug-likeness (QED) is 0.837. The lowest BCUT2D eigenvalue weighted by Gasteiger charge is -2.15. The Morgan fingerprint density at radius 1 is 1.35 bits per heavy atom. The molecule has 2 aromatic rings. The van der Waals surface area contributed by atoms with Crippen LogP contribution < -0.4 is 0 Å². The Labute approximate surface area is 120 Å². The van der Waals surface area contributed by atoms with E-state index in [1.807, 2.05) is 18.2 Å². The fourth-order valence-electron chi connectivity index (χ4n) is 2.93. The van der Waals surface area contributed by atoms with E-state index >= 15 is 0 Å². The van der Waals surface area contributed by atoms with Crippen LogP contribution in [0.1, 0.15) is 50.9 Å². The van der Waals surface area contributed by atoms with Crippen molar-refractivity contribution < 1.29 is 0 Å². The fraction of sp³-hybridized carbons (Fsp3) is 0.529. The van der Waals surface area contributed by atoms with E-state index in [1.165, 1.54) is 24.2 Å². The van der Waals surface area contributed by atoms with E-state index in [2.05, 4.69) is 31.4 Å². The highest BCUT2D eigenvalue weighted by atomic mass is 15.1. The highest BCUT2D eigenvalue weighted by Gasteiger charge is 2.32. The zero-order valence-electron chi connectivity index (χ0n) is 12.4. The Balaban J connectivity index is 2.13. The first-order chi connectivity index (χ1) is 9.60. The largest absolute Gasteiger partial charge is 0.327 e. The van der Waals surface area contributed by atoms with E-state index in [-0.39, 0.29) is 0 Å². The Hall–Kier alpha value is -1.82. The van der Waals surface area contributed by atoms with E-state index in [9.17, 15) is 0 Å². The van der Waals surface area contributed by atoms with E-state index in [0.29, 0.717) is 17.4 Å². The second kappa shape index (κ2) is 4.94. The first-order valence-electron chi connectivity index (χ1n) is 7.50. The van der Waals surface area contributed by atoms with Gasteiger partial charge in [-0.15, -0.1) is 0 Å². The van der Waals surface area contributed by atoms with Gasteiger partial charge < -0.3 is 4.57 Å². The smallest absolute Gasteiger partial charge is 0.113 e. The average molecular weight is 267 g/mol. The number of aromatic nitrogens is 2. The number of rotatable bonds is 4. The Bertz CT molecular complexity index is 671. The number of hydrogen-bond acceptors (Lipinski definition) is 2. The van der Waals surface area contributed by atoms with Crippen molar-refractivity contribution in [2.75, 3.05) is 0 Å². The van der Waals surface area contributed by atoms with Crippen LogP contribution in [0.15, 0.2) is 18.2 Å². The average Bonchev–Trinajstić information content (AvgIpc) is 3.21. The molecule has 0 amide bonds. The van der Waals surface area contributed by atoms with E-state index in [1.54, 1.807) is 0 Å². The van der Waals surface area contributed by atoms with Crippen molar-refractivity contribution in [3.63, 3.8) is 0 Å². The molecule has 104 valence electrons. The molecule has 0 N–H and O–H groups in total. The van der Waals surface area contributed by atoms with Gasteiger partial charge in [0.25, 0.3) is 0 Å². The van der Waals surface area contributed by atoms with Gasteiger partial charge in [0.2, 0.25) is 0 Å². The standard InChI is InChI=1S/C17H21N3/c1-11(2)10-20-16-7-4-13(9-18)8-15(16)19-17(20)12(3)14-5-6-14/h4,7-8,11-12,14H,5-6,10H2,1-3H3. The molecule has 0 radical (unpaired) electrons. The van der Waals surface area contributed by atoms with Gasteiger partial charge in [0.15, 0.2) is 0 Å². The number of nitrogens with zero attached hydrogens (tertiary/aromatic N) is 3. The summed E-state index contributed by atoms with van der Waals surface area (Å²) in [6.07, 6.45) is 2.66. The van der Waals surface area contributed by atoms with Gasteiger partial charge in [-0.1, -0.05) is 20.8 Å². The van der Waals surface area contributed by atoms with Crippen molar-refractivity contribution in [3.05, 3.63) is 29.6 Å². The Morgan fingerprint density at radius 2 is 2.10 bits per heavy atom. The van der Waals surface area contributed by atoms with Gasteiger partial charge in [-0.25, -0.2) is 4.98 Å². The molecule has 1 fully saturated rings. The number of benzene rings is 1. The normalized spacial score (nSPS) is 16.6. The molecule has 3 nitrogen and oxygen atoms in total. The van der Waals surface area contributed by atoms with E-state index in [0.717, 1.165) is 18.0 Å². The molecular formula is C17H21N3. The Morgan fingerprint density at radius 3 is 2.70 bits per heavy atom. The lowest BCUT2D eigenvalue weighted by Crippen LogP contribution is -2.12. The molecule has 1 aliphatic rings. The van der Waals surface area contributed by atoms with Crippen LogP contribution in [0.4, 0.5) is 0 Å². The predicted octanol–water partition coefficient (Wildman–Crippen LogP) is 4.08. The second-order valence-corrected chi connectivity index (χ2v) is 6.42. The van der Waals surface area contributed by atoms with Gasteiger partial charge >= 0.3 is 0 Å². The molecule has 1 aromatic heterocycles. The number of imidazole rings is 1. The van der Waals surface area contributed by atoms with Gasteiger partial charge in [-0.3, -0.25) is 0 Å². The van der Waals surface area contributed by atoms with Gasteiger partial charge in [-0.2, -0.15) is 5.26 Å². The first kappa shape index (κ1) is 13.2. The summed E-state index contributed by atoms with van der Waals surface area (Å²) in [5.74, 6) is 3.11. The zero-order valence-corrected chi connectivity index (χ0v) is 12.4. The van der Waals surface area contributed by atoms with Crippen molar-refractivity contribution in [2.45, 2.75) is 46.1 Å². The molecule has 1 atom stereocenters. The second-order valence-electron chi connectivity index (χ2n) is 6.42. The molecule has 1 aromatic carbocycles. The molecule has 1 saturated carbocycles. The van der Waals surface area contributed by atoms with Crippen LogP contribution in [0.25, 0.3) is 11.0 Å². The molecule has 1 unspecified atom stereocenters. The van der Waals surface area contributed by atoms with Gasteiger partial charge in [0.1, 0.15) is 5.82 Å². The van der Waals surface area contributed by atoms with Crippen LogP contribution in [0.5, 0.6) is 0 Å². The summed E-state index contributed by atoms with van der Waals surface area (Å²) in [6, 6.07) is 8.06. The summed E-state index contributed by atoms with van der Waals surface area (Å²) in [5, 5.41) is 9.04. The minimum atomic E-state index is 0.520. The van der Waals surface area contributed by atoms with Crippen LogP contribution in [0, 0.1) is 23.2 Å². The highest BCUT2D eigenvalue weighted by molar-refractivity contribution is 5.78. The molecule has 0 spiro atoms. The lowest BCUT2D eigenvalue weighted by atomic mass is 10.1. The molecule has 0 saturated heterocycles. The topological polar surface area (TPSA) is 41.6 Å². The van der Waals surface area contributed by atoms with Gasteiger partial charge in [-0.05, 0) is 42.9 Å². The summed E-state index contributed by atoms with van der Waals surface area (Å²) < 4.78 is 2.37. The molecule has 3 rings (SSSR count). The maximum absolute atomic E-state index is 9.04. The van der Waals surface area contributed by atoms with E-state index < -0.39 is 0 Å². The fourth-order valence-corrected chi connectivity index (χ4v) is 2.93. The number of fused-ring (bicyclic) bond motifs is 1. The number of nitriles is 1. The van der Waals surface area contributed by atoms with Gasteiger partial charge in [0, 0.05) is 12.5 Å². The van der Waals surface area contributed by atoms with Gasteiger partial charge in [0.05, 0.1) is 22.7 Å². The summed E-state index contributed by atoms with van der Waals surface area (Å²) in [6.45, 7) is 7.76. The minimum Gasteiger partial charge on any atom is -0.327 e.